The maximum atomic E-state index is 4.73. The molecular weight excluding hydrogens is 262 g/mol. The van der Waals surface area contributed by atoms with Gasteiger partial charge in [-0.05, 0) is 38.3 Å². The molecule has 0 saturated carbocycles. The topological polar surface area (TPSA) is 63.6 Å². The molecule has 3 rings (SSSR count). The zero-order valence-electron chi connectivity index (χ0n) is 12.6. The molecule has 0 saturated heterocycles. The first-order valence-electron chi connectivity index (χ1n) is 7.66. The molecule has 1 aliphatic rings. The highest BCUT2D eigenvalue weighted by atomic mass is 15.0. The maximum absolute atomic E-state index is 4.73. The zero-order chi connectivity index (χ0) is 14.7. The van der Waals surface area contributed by atoms with E-state index in [0.717, 1.165) is 30.6 Å². The second-order valence-corrected chi connectivity index (χ2v) is 5.54. The average Bonchev–Trinajstić information content (AvgIpc) is 2.70. The summed E-state index contributed by atoms with van der Waals surface area (Å²) in [4.78, 5) is 17.9. The fourth-order valence-electron chi connectivity index (χ4n) is 2.79. The third-order valence-corrected chi connectivity index (χ3v) is 3.86. The fourth-order valence-corrected chi connectivity index (χ4v) is 2.79. The Labute approximate surface area is 125 Å². The highest BCUT2D eigenvalue weighted by Crippen LogP contribution is 2.28. The lowest BCUT2D eigenvalue weighted by molar-refractivity contribution is 0.502. The van der Waals surface area contributed by atoms with Gasteiger partial charge < -0.3 is 5.32 Å². The van der Waals surface area contributed by atoms with Crippen molar-refractivity contribution in [2.75, 3.05) is 6.54 Å². The van der Waals surface area contributed by atoms with Gasteiger partial charge in [0, 0.05) is 35.9 Å². The van der Waals surface area contributed by atoms with E-state index in [-0.39, 0.29) is 0 Å². The number of rotatable bonds is 3. The van der Waals surface area contributed by atoms with Crippen LogP contribution < -0.4 is 5.32 Å². The van der Waals surface area contributed by atoms with Crippen LogP contribution >= 0.6 is 0 Å². The van der Waals surface area contributed by atoms with Crippen LogP contribution in [0.3, 0.4) is 0 Å². The fraction of sp³-hybridized carbons (Fsp3) is 0.500. The SMILES string of the molecule is CCNC1CCCCc2nc(-c3ncc(C)cn3)ncc21. The van der Waals surface area contributed by atoms with Crippen molar-refractivity contribution in [2.45, 2.75) is 45.6 Å². The van der Waals surface area contributed by atoms with Gasteiger partial charge in [-0.1, -0.05) is 13.3 Å². The summed E-state index contributed by atoms with van der Waals surface area (Å²) in [6, 6.07) is 0.375. The average molecular weight is 283 g/mol. The third kappa shape index (κ3) is 3.08. The van der Waals surface area contributed by atoms with Crippen LogP contribution in [0.1, 0.15) is 49.0 Å². The van der Waals surface area contributed by atoms with E-state index in [1.54, 1.807) is 12.4 Å². The summed E-state index contributed by atoms with van der Waals surface area (Å²) >= 11 is 0. The largest absolute Gasteiger partial charge is 0.310 e. The molecule has 0 radical (unpaired) electrons. The summed E-state index contributed by atoms with van der Waals surface area (Å²) in [6.45, 7) is 5.08. The number of aromatic nitrogens is 4. The molecule has 1 aliphatic carbocycles. The molecule has 2 aromatic heterocycles. The number of hydrogen-bond acceptors (Lipinski definition) is 5. The quantitative estimate of drug-likeness (QED) is 0.877. The normalized spacial score (nSPS) is 18.1. The van der Waals surface area contributed by atoms with Gasteiger partial charge >= 0.3 is 0 Å². The Morgan fingerprint density at radius 1 is 1.10 bits per heavy atom. The third-order valence-electron chi connectivity index (χ3n) is 3.86. The number of nitrogens with zero attached hydrogens (tertiary/aromatic N) is 4. The van der Waals surface area contributed by atoms with E-state index in [4.69, 9.17) is 4.98 Å². The van der Waals surface area contributed by atoms with Gasteiger partial charge in [0.05, 0.1) is 0 Å². The molecule has 0 amide bonds. The summed E-state index contributed by atoms with van der Waals surface area (Å²) in [5, 5.41) is 3.54. The van der Waals surface area contributed by atoms with Gasteiger partial charge in [0.25, 0.3) is 0 Å². The van der Waals surface area contributed by atoms with Gasteiger partial charge in [0.2, 0.25) is 0 Å². The Hall–Kier alpha value is -1.88. The van der Waals surface area contributed by atoms with Gasteiger partial charge in [-0.25, -0.2) is 19.9 Å². The van der Waals surface area contributed by atoms with Crippen molar-refractivity contribution in [3.05, 3.63) is 35.4 Å². The molecule has 1 N–H and O–H groups in total. The highest BCUT2D eigenvalue weighted by Gasteiger charge is 2.20. The summed E-state index contributed by atoms with van der Waals surface area (Å²) in [6.07, 6.45) is 10.1. The van der Waals surface area contributed by atoms with E-state index in [1.165, 1.54) is 18.4 Å². The molecule has 0 aliphatic heterocycles. The van der Waals surface area contributed by atoms with Crippen LogP contribution in [0.25, 0.3) is 11.6 Å². The molecule has 21 heavy (non-hydrogen) atoms. The molecule has 5 heteroatoms. The minimum Gasteiger partial charge on any atom is -0.310 e. The summed E-state index contributed by atoms with van der Waals surface area (Å²) in [5.74, 6) is 1.23. The van der Waals surface area contributed by atoms with Crippen LogP contribution in [-0.2, 0) is 6.42 Å². The van der Waals surface area contributed by atoms with E-state index < -0.39 is 0 Å². The van der Waals surface area contributed by atoms with Crippen molar-refractivity contribution in [3.63, 3.8) is 0 Å². The number of nitrogens with one attached hydrogen (secondary N) is 1. The molecule has 0 spiro atoms. The monoisotopic (exact) mass is 283 g/mol. The van der Waals surface area contributed by atoms with E-state index in [2.05, 4.69) is 27.2 Å². The summed E-state index contributed by atoms with van der Waals surface area (Å²) in [7, 11) is 0. The summed E-state index contributed by atoms with van der Waals surface area (Å²) < 4.78 is 0. The minimum absolute atomic E-state index is 0.375. The van der Waals surface area contributed by atoms with Crippen molar-refractivity contribution in [1.82, 2.24) is 25.3 Å². The number of fused-ring (bicyclic) bond motifs is 1. The van der Waals surface area contributed by atoms with Crippen molar-refractivity contribution in [1.29, 1.82) is 0 Å². The molecule has 1 unspecified atom stereocenters. The molecule has 5 nitrogen and oxygen atoms in total. The zero-order valence-corrected chi connectivity index (χ0v) is 12.6. The Morgan fingerprint density at radius 3 is 2.62 bits per heavy atom. The van der Waals surface area contributed by atoms with Crippen LogP contribution in [-0.4, -0.2) is 26.5 Å². The van der Waals surface area contributed by atoms with Crippen LogP contribution in [0.2, 0.25) is 0 Å². The molecule has 0 aromatic carbocycles. The number of aryl methyl sites for hydroxylation is 2. The van der Waals surface area contributed by atoms with Crippen molar-refractivity contribution >= 4 is 0 Å². The van der Waals surface area contributed by atoms with Crippen LogP contribution in [0.4, 0.5) is 0 Å². The lowest BCUT2D eigenvalue weighted by Gasteiger charge is -2.17. The Morgan fingerprint density at radius 2 is 1.86 bits per heavy atom. The van der Waals surface area contributed by atoms with E-state index in [1.807, 2.05) is 13.1 Å². The second-order valence-electron chi connectivity index (χ2n) is 5.54. The Kier molecular flexibility index (Phi) is 4.20. The predicted octanol–water partition coefficient (Wildman–Crippen LogP) is 2.62. The first kappa shape index (κ1) is 14.1. The van der Waals surface area contributed by atoms with Gasteiger partial charge in [-0.3, -0.25) is 0 Å². The molecule has 2 aromatic rings. The molecule has 2 heterocycles. The van der Waals surface area contributed by atoms with Gasteiger partial charge in [-0.2, -0.15) is 0 Å². The molecule has 1 atom stereocenters. The standard InChI is InChI=1S/C16H21N5/c1-3-17-13-6-4-5-7-14-12(13)10-20-16(21-14)15-18-8-11(2)9-19-15/h8-10,13,17H,3-7H2,1-2H3. The lowest BCUT2D eigenvalue weighted by atomic mass is 10.1. The van der Waals surface area contributed by atoms with Crippen LogP contribution in [0.15, 0.2) is 18.6 Å². The first-order chi connectivity index (χ1) is 10.3. The lowest BCUT2D eigenvalue weighted by Crippen LogP contribution is -2.21. The Bertz CT molecular complexity index is 609. The van der Waals surface area contributed by atoms with Crippen molar-refractivity contribution < 1.29 is 0 Å². The van der Waals surface area contributed by atoms with Crippen molar-refractivity contribution in [3.8, 4) is 11.6 Å². The summed E-state index contributed by atoms with van der Waals surface area (Å²) in [5.41, 5.74) is 3.43. The maximum Gasteiger partial charge on any atom is 0.197 e. The predicted molar refractivity (Wildman–Crippen MR) is 81.8 cm³/mol. The molecule has 0 fully saturated rings. The van der Waals surface area contributed by atoms with Crippen molar-refractivity contribution in [2.24, 2.45) is 0 Å². The molecular formula is C16H21N5. The van der Waals surface area contributed by atoms with Gasteiger partial charge in [0.1, 0.15) is 0 Å². The van der Waals surface area contributed by atoms with Crippen LogP contribution in [0.5, 0.6) is 0 Å². The number of hydrogen-bond donors (Lipinski definition) is 1. The highest BCUT2D eigenvalue weighted by molar-refractivity contribution is 5.44. The van der Waals surface area contributed by atoms with Gasteiger partial charge in [0.15, 0.2) is 11.6 Å². The van der Waals surface area contributed by atoms with Crippen LogP contribution in [0, 0.1) is 6.92 Å². The van der Waals surface area contributed by atoms with E-state index >= 15 is 0 Å². The Balaban J connectivity index is 1.96. The smallest absolute Gasteiger partial charge is 0.197 e. The molecule has 110 valence electrons. The van der Waals surface area contributed by atoms with E-state index in [9.17, 15) is 0 Å². The molecule has 0 bridgehead atoms. The van der Waals surface area contributed by atoms with E-state index in [0.29, 0.717) is 17.7 Å². The van der Waals surface area contributed by atoms with Gasteiger partial charge in [-0.15, -0.1) is 0 Å². The minimum atomic E-state index is 0.375. The first-order valence-corrected chi connectivity index (χ1v) is 7.66. The second kappa shape index (κ2) is 6.26.